The van der Waals surface area contributed by atoms with E-state index >= 15 is 0 Å². The van der Waals surface area contributed by atoms with Crippen LogP contribution in [0, 0.1) is 5.92 Å². The Morgan fingerprint density at radius 3 is 2.56 bits per heavy atom. The minimum absolute atomic E-state index is 0.510. The van der Waals surface area contributed by atoms with Gasteiger partial charge < -0.3 is 0 Å². The third-order valence-corrected chi connectivity index (χ3v) is 5.97. The number of allylic oxidation sites excluding steroid dienone is 5. The summed E-state index contributed by atoms with van der Waals surface area (Å²) in [7, 11) is 0. The van der Waals surface area contributed by atoms with Crippen LogP contribution in [0.5, 0.6) is 0 Å². The topological polar surface area (TPSA) is 0 Å². The van der Waals surface area contributed by atoms with Crippen molar-refractivity contribution >= 4 is 17.7 Å². The molecule has 1 unspecified atom stereocenters. The molecule has 0 heteroatoms. The zero-order valence-electron chi connectivity index (χ0n) is 16.2. The second-order valence-electron chi connectivity index (χ2n) is 7.81. The molecule has 0 bridgehead atoms. The van der Waals surface area contributed by atoms with E-state index in [0.717, 1.165) is 32.1 Å². The van der Waals surface area contributed by atoms with Gasteiger partial charge in [-0.15, -0.1) is 0 Å². The van der Waals surface area contributed by atoms with Crippen LogP contribution in [-0.4, -0.2) is 0 Å². The van der Waals surface area contributed by atoms with Gasteiger partial charge in [-0.1, -0.05) is 91.4 Å². The van der Waals surface area contributed by atoms with E-state index in [4.69, 9.17) is 0 Å². The average Bonchev–Trinajstić information content (AvgIpc) is 3.31. The van der Waals surface area contributed by atoms with E-state index in [1.165, 1.54) is 32.7 Å². The van der Waals surface area contributed by atoms with Crippen LogP contribution in [0.4, 0.5) is 0 Å². The Labute approximate surface area is 163 Å². The van der Waals surface area contributed by atoms with Crippen molar-refractivity contribution in [3.05, 3.63) is 100.0 Å². The number of rotatable bonds is 7. The Balaban J connectivity index is 1.31. The van der Waals surface area contributed by atoms with Crippen LogP contribution in [0.25, 0.3) is 17.7 Å². The fourth-order valence-electron chi connectivity index (χ4n) is 4.17. The summed E-state index contributed by atoms with van der Waals surface area (Å²) in [5.74, 6) is 0.510. The van der Waals surface area contributed by atoms with Crippen molar-refractivity contribution in [2.24, 2.45) is 5.92 Å². The first-order chi connectivity index (χ1) is 13.2. The normalized spacial score (nSPS) is 17.6. The molecule has 0 saturated heterocycles. The van der Waals surface area contributed by atoms with Gasteiger partial charge in [-0.3, -0.25) is 0 Å². The van der Waals surface area contributed by atoms with Crippen LogP contribution in [-0.2, 0) is 6.42 Å². The maximum absolute atomic E-state index is 4.32. The van der Waals surface area contributed by atoms with Gasteiger partial charge in [0.2, 0.25) is 0 Å². The Hall–Kier alpha value is -2.60. The Kier molecular flexibility index (Phi) is 5.25. The highest BCUT2D eigenvalue weighted by molar-refractivity contribution is 5.74. The average molecular weight is 353 g/mol. The Bertz CT molecular complexity index is 1020. The summed E-state index contributed by atoms with van der Waals surface area (Å²) >= 11 is 0. The van der Waals surface area contributed by atoms with Gasteiger partial charge >= 0.3 is 0 Å². The zero-order valence-corrected chi connectivity index (χ0v) is 16.2. The van der Waals surface area contributed by atoms with Crippen molar-refractivity contribution in [3.63, 3.8) is 0 Å². The van der Waals surface area contributed by atoms with Crippen molar-refractivity contribution in [1.29, 1.82) is 0 Å². The second-order valence-corrected chi connectivity index (χ2v) is 7.81. The van der Waals surface area contributed by atoms with E-state index in [1.54, 1.807) is 5.57 Å². The van der Waals surface area contributed by atoms with E-state index in [2.05, 4.69) is 86.3 Å². The van der Waals surface area contributed by atoms with Gasteiger partial charge in [-0.05, 0) is 65.3 Å². The molecule has 27 heavy (non-hydrogen) atoms. The highest BCUT2D eigenvalue weighted by Gasteiger charge is 2.19. The van der Waals surface area contributed by atoms with Gasteiger partial charge in [0.15, 0.2) is 0 Å². The molecule has 0 radical (unpaired) electrons. The molecule has 2 aromatic carbocycles. The highest BCUT2D eigenvalue weighted by Crippen LogP contribution is 2.36. The molecule has 0 heterocycles. The molecule has 0 amide bonds. The molecular weight excluding hydrogens is 324 g/mol. The van der Waals surface area contributed by atoms with E-state index in [9.17, 15) is 0 Å². The van der Waals surface area contributed by atoms with Crippen LogP contribution in [0.2, 0.25) is 0 Å². The number of benzene rings is 2. The third-order valence-electron chi connectivity index (χ3n) is 5.97. The SMILES string of the molecule is C=C(CCC1=CC=C(c2ccc3c(c2)=CCC=3)C1C)CCc1ccccc1. The van der Waals surface area contributed by atoms with Gasteiger partial charge in [0, 0.05) is 5.92 Å². The van der Waals surface area contributed by atoms with Gasteiger partial charge in [0.1, 0.15) is 0 Å². The summed E-state index contributed by atoms with van der Waals surface area (Å²) in [6.07, 6.45) is 14.8. The molecule has 136 valence electrons. The fourth-order valence-corrected chi connectivity index (χ4v) is 4.17. The standard InChI is InChI=1S/C27H28/c1-20(11-13-22-7-4-3-5-8-22)12-14-23-17-18-27(21(23)2)26-16-15-24-9-6-10-25(24)19-26/h3-5,7-10,15-19,21H,1,6,11-14H2,2H3. The highest BCUT2D eigenvalue weighted by atomic mass is 14.2. The maximum atomic E-state index is 4.32. The molecule has 4 rings (SSSR count). The van der Waals surface area contributed by atoms with Gasteiger partial charge in [-0.25, -0.2) is 0 Å². The van der Waals surface area contributed by atoms with E-state index in [-0.39, 0.29) is 0 Å². The van der Waals surface area contributed by atoms with E-state index in [0.29, 0.717) is 5.92 Å². The third kappa shape index (κ3) is 4.06. The van der Waals surface area contributed by atoms with Crippen molar-refractivity contribution in [3.8, 4) is 0 Å². The summed E-state index contributed by atoms with van der Waals surface area (Å²) in [5.41, 5.74) is 7.15. The molecule has 2 aliphatic rings. The Morgan fingerprint density at radius 1 is 0.926 bits per heavy atom. The predicted molar refractivity (Wildman–Crippen MR) is 118 cm³/mol. The van der Waals surface area contributed by atoms with Crippen LogP contribution >= 0.6 is 0 Å². The number of hydrogen-bond acceptors (Lipinski definition) is 0. The minimum Gasteiger partial charge on any atom is -0.0998 e. The number of hydrogen-bond donors (Lipinski definition) is 0. The van der Waals surface area contributed by atoms with Crippen LogP contribution in [0.15, 0.2) is 78.4 Å². The van der Waals surface area contributed by atoms with Gasteiger partial charge in [0.05, 0.1) is 0 Å². The van der Waals surface area contributed by atoms with Crippen molar-refractivity contribution in [2.45, 2.75) is 39.0 Å². The van der Waals surface area contributed by atoms with Gasteiger partial charge in [-0.2, -0.15) is 0 Å². The molecule has 0 nitrogen and oxygen atoms in total. The lowest BCUT2D eigenvalue weighted by Gasteiger charge is -2.16. The van der Waals surface area contributed by atoms with Crippen molar-refractivity contribution in [1.82, 2.24) is 0 Å². The molecular formula is C27H28. The fraction of sp³-hybridized carbons (Fsp3) is 0.259. The molecule has 0 saturated carbocycles. The summed E-state index contributed by atoms with van der Waals surface area (Å²) in [6.45, 7) is 6.67. The van der Waals surface area contributed by atoms with E-state index in [1.807, 2.05) is 0 Å². The lowest BCUT2D eigenvalue weighted by molar-refractivity contribution is 0.769. The molecule has 1 atom stereocenters. The van der Waals surface area contributed by atoms with Crippen molar-refractivity contribution < 1.29 is 0 Å². The van der Waals surface area contributed by atoms with Crippen LogP contribution < -0.4 is 10.4 Å². The summed E-state index contributed by atoms with van der Waals surface area (Å²) < 4.78 is 0. The molecule has 2 aromatic rings. The van der Waals surface area contributed by atoms with E-state index < -0.39 is 0 Å². The first-order valence-corrected chi connectivity index (χ1v) is 10.1. The minimum atomic E-state index is 0.510. The zero-order chi connectivity index (χ0) is 18.6. The molecule has 0 spiro atoms. The summed E-state index contributed by atoms with van der Waals surface area (Å²) in [6, 6.07) is 17.6. The lowest BCUT2D eigenvalue weighted by atomic mass is 9.89. The number of fused-ring (bicyclic) bond motifs is 1. The lowest BCUT2D eigenvalue weighted by Crippen LogP contribution is -2.21. The van der Waals surface area contributed by atoms with Crippen LogP contribution in [0.1, 0.15) is 43.7 Å². The smallest absolute Gasteiger partial charge is 0.00289 e. The first kappa shape index (κ1) is 17.8. The van der Waals surface area contributed by atoms with Crippen molar-refractivity contribution in [2.75, 3.05) is 0 Å². The Morgan fingerprint density at radius 2 is 1.70 bits per heavy atom. The predicted octanol–water partition coefficient (Wildman–Crippen LogP) is 5.58. The van der Waals surface area contributed by atoms with Gasteiger partial charge in [0.25, 0.3) is 0 Å². The maximum Gasteiger partial charge on any atom is 0.00289 e. The second kappa shape index (κ2) is 7.96. The van der Waals surface area contributed by atoms with Crippen LogP contribution in [0.3, 0.4) is 0 Å². The quantitative estimate of drug-likeness (QED) is 0.571. The molecule has 2 aliphatic carbocycles. The number of aryl methyl sites for hydroxylation is 1. The molecule has 0 N–H and O–H groups in total. The summed E-state index contributed by atoms with van der Waals surface area (Å²) in [4.78, 5) is 0. The molecule has 0 fully saturated rings. The molecule has 0 aromatic heterocycles. The first-order valence-electron chi connectivity index (χ1n) is 10.1. The largest absolute Gasteiger partial charge is 0.0998 e. The molecule has 0 aliphatic heterocycles. The summed E-state index contributed by atoms with van der Waals surface area (Å²) in [5, 5.41) is 2.77. The monoisotopic (exact) mass is 352 g/mol.